The fourth-order valence-electron chi connectivity index (χ4n) is 3.28. The van der Waals surface area contributed by atoms with E-state index in [-0.39, 0.29) is 4.90 Å². The molecule has 2 heterocycles. The van der Waals surface area contributed by atoms with Gasteiger partial charge in [-0.2, -0.15) is 4.31 Å². The molecule has 0 N–H and O–H groups in total. The molecule has 0 spiro atoms. The van der Waals surface area contributed by atoms with E-state index in [4.69, 9.17) is 11.6 Å². The van der Waals surface area contributed by atoms with Gasteiger partial charge in [0.1, 0.15) is 4.90 Å². The van der Waals surface area contributed by atoms with Gasteiger partial charge in [0.05, 0.1) is 5.52 Å². The first-order chi connectivity index (χ1) is 12.6. The van der Waals surface area contributed by atoms with Gasteiger partial charge in [-0.15, -0.1) is 0 Å². The van der Waals surface area contributed by atoms with Gasteiger partial charge in [0.2, 0.25) is 10.0 Å². The summed E-state index contributed by atoms with van der Waals surface area (Å²) in [4.78, 5) is 6.71. The van der Waals surface area contributed by atoms with E-state index in [0.29, 0.717) is 36.7 Å². The minimum Gasteiger partial charge on any atom is -0.369 e. The lowest BCUT2D eigenvalue weighted by Gasteiger charge is -2.35. The third-order valence-electron chi connectivity index (χ3n) is 4.63. The number of benzene rings is 2. The molecule has 0 amide bonds. The summed E-state index contributed by atoms with van der Waals surface area (Å²) < 4.78 is 27.8. The van der Waals surface area contributed by atoms with E-state index in [1.54, 1.807) is 18.3 Å². The Balaban J connectivity index is 1.58. The average Bonchev–Trinajstić information content (AvgIpc) is 2.67. The van der Waals surface area contributed by atoms with Crippen LogP contribution in [0.4, 0.5) is 5.69 Å². The van der Waals surface area contributed by atoms with E-state index >= 15 is 0 Å². The third-order valence-corrected chi connectivity index (χ3v) is 6.79. The Morgan fingerprint density at radius 2 is 1.65 bits per heavy atom. The van der Waals surface area contributed by atoms with Gasteiger partial charge in [-0.1, -0.05) is 35.9 Å². The average molecular weight is 388 g/mol. The molecule has 2 aromatic carbocycles. The van der Waals surface area contributed by atoms with Crippen LogP contribution in [-0.2, 0) is 10.0 Å². The van der Waals surface area contributed by atoms with Crippen LogP contribution in [0.25, 0.3) is 10.9 Å². The van der Waals surface area contributed by atoms with E-state index in [9.17, 15) is 8.42 Å². The predicted octanol–water partition coefficient (Wildman–Crippen LogP) is 3.40. The largest absolute Gasteiger partial charge is 0.369 e. The van der Waals surface area contributed by atoms with Crippen LogP contribution in [0.3, 0.4) is 0 Å². The van der Waals surface area contributed by atoms with Gasteiger partial charge in [0.15, 0.2) is 0 Å². The van der Waals surface area contributed by atoms with Crippen molar-refractivity contribution >= 4 is 38.2 Å². The van der Waals surface area contributed by atoms with Crippen LogP contribution >= 0.6 is 11.6 Å². The van der Waals surface area contributed by atoms with Crippen LogP contribution < -0.4 is 4.90 Å². The van der Waals surface area contributed by atoms with E-state index in [1.165, 1.54) is 4.31 Å². The zero-order valence-electron chi connectivity index (χ0n) is 14.0. The summed E-state index contributed by atoms with van der Waals surface area (Å²) in [5, 5.41) is 1.51. The summed E-state index contributed by atoms with van der Waals surface area (Å²) in [6.07, 6.45) is 1.62. The Bertz CT molecular complexity index is 1040. The van der Waals surface area contributed by atoms with Gasteiger partial charge in [-0.25, -0.2) is 8.42 Å². The first-order valence-corrected chi connectivity index (χ1v) is 10.2. The molecule has 1 aliphatic heterocycles. The normalized spacial score (nSPS) is 16.1. The number of aromatic nitrogens is 1. The number of halogens is 1. The molecule has 0 saturated carbocycles. The molecule has 5 nitrogen and oxygen atoms in total. The van der Waals surface area contributed by atoms with Crippen molar-refractivity contribution in [3.05, 3.63) is 65.8 Å². The number of rotatable bonds is 3. The van der Waals surface area contributed by atoms with E-state index in [1.807, 2.05) is 42.5 Å². The molecule has 4 rings (SSSR count). The number of hydrogen-bond acceptors (Lipinski definition) is 4. The number of fused-ring (bicyclic) bond motifs is 1. The van der Waals surface area contributed by atoms with Crippen LogP contribution in [0.5, 0.6) is 0 Å². The Morgan fingerprint density at radius 3 is 2.42 bits per heavy atom. The summed E-state index contributed by atoms with van der Waals surface area (Å²) in [6.45, 7) is 2.10. The van der Waals surface area contributed by atoms with Crippen molar-refractivity contribution in [1.29, 1.82) is 0 Å². The second-order valence-corrected chi connectivity index (χ2v) is 8.55. The lowest BCUT2D eigenvalue weighted by molar-refractivity contribution is 0.385. The Morgan fingerprint density at radius 1 is 0.923 bits per heavy atom. The minimum atomic E-state index is -3.58. The van der Waals surface area contributed by atoms with Crippen LogP contribution in [0.1, 0.15) is 0 Å². The van der Waals surface area contributed by atoms with Crippen LogP contribution in [-0.4, -0.2) is 43.9 Å². The standard InChI is InChI=1S/C19H18ClN3O2S/c20-16-6-2-7-17(14-16)22-10-12-23(13-11-22)26(24,25)18-8-1-4-15-5-3-9-21-19(15)18/h1-9,14H,10-13H2. The number of pyridine rings is 1. The number of piperazine rings is 1. The molecule has 0 unspecified atom stereocenters. The summed E-state index contributed by atoms with van der Waals surface area (Å²) in [6, 6.07) is 16.6. The molecular formula is C19H18ClN3O2S. The lowest BCUT2D eigenvalue weighted by Crippen LogP contribution is -2.48. The van der Waals surface area contributed by atoms with Gasteiger partial charge >= 0.3 is 0 Å². The first-order valence-electron chi connectivity index (χ1n) is 8.40. The Labute approximate surface area is 157 Å². The van der Waals surface area contributed by atoms with Crippen molar-refractivity contribution in [3.63, 3.8) is 0 Å². The molecule has 0 aliphatic carbocycles. The monoisotopic (exact) mass is 387 g/mol. The fourth-order valence-corrected chi connectivity index (χ4v) is 5.06. The molecule has 0 radical (unpaired) electrons. The van der Waals surface area contributed by atoms with E-state index < -0.39 is 10.0 Å². The van der Waals surface area contributed by atoms with Crippen molar-refractivity contribution in [1.82, 2.24) is 9.29 Å². The highest BCUT2D eigenvalue weighted by Gasteiger charge is 2.30. The molecule has 134 valence electrons. The fraction of sp³-hybridized carbons (Fsp3) is 0.211. The predicted molar refractivity (Wildman–Crippen MR) is 104 cm³/mol. The van der Waals surface area contributed by atoms with Gasteiger partial charge < -0.3 is 4.90 Å². The second kappa shape index (κ2) is 6.87. The maximum Gasteiger partial charge on any atom is 0.245 e. The highest BCUT2D eigenvalue weighted by Crippen LogP contribution is 2.26. The number of para-hydroxylation sites is 1. The molecular weight excluding hydrogens is 370 g/mol. The molecule has 0 bridgehead atoms. The van der Waals surface area contributed by atoms with Gasteiger partial charge in [0, 0.05) is 48.5 Å². The third kappa shape index (κ3) is 3.16. The maximum atomic E-state index is 13.1. The zero-order chi connectivity index (χ0) is 18.1. The Kier molecular flexibility index (Phi) is 4.56. The van der Waals surface area contributed by atoms with Gasteiger partial charge in [0.25, 0.3) is 0 Å². The molecule has 0 atom stereocenters. The van der Waals surface area contributed by atoms with Crippen LogP contribution in [0, 0.1) is 0 Å². The smallest absolute Gasteiger partial charge is 0.245 e. The summed E-state index contributed by atoms with van der Waals surface area (Å²) >= 11 is 6.06. The minimum absolute atomic E-state index is 0.270. The second-order valence-electron chi connectivity index (χ2n) is 6.20. The van der Waals surface area contributed by atoms with Crippen LogP contribution in [0.15, 0.2) is 65.7 Å². The summed E-state index contributed by atoms with van der Waals surface area (Å²) in [7, 11) is -3.58. The quantitative estimate of drug-likeness (QED) is 0.691. The highest BCUT2D eigenvalue weighted by molar-refractivity contribution is 7.89. The zero-order valence-corrected chi connectivity index (χ0v) is 15.6. The molecule has 3 aromatic rings. The van der Waals surface area contributed by atoms with Crippen LogP contribution in [0.2, 0.25) is 5.02 Å². The van der Waals surface area contributed by atoms with E-state index in [0.717, 1.165) is 11.1 Å². The first kappa shape index (κ1) is 17.3. The Hall–Kier alpha value is -2.15. The lowest BCUT2D eigenvalue weighted by atomic mass is 10.2. The van der Waals surface area contributed by atoms with Gasteiger partial charge in [-0.05, 0) is 30.3 Å². The summed E-state index contributed by atoms with van der Waals surface area (Å²) in [5.41, 5.74) is 1.54. The molecule has 1 saturated heterocycles. The van der Waals surface area contributed by atoms with E-state index in [2.05, 4.69) is 9.88 Å². The molecule has 26 heavy (non-hydrogen) atoms. The molecule has 1 aliphatic rings. The van der Waals surface area contributed by atoms with Crippen molar-refractivity contribution in [3.8, 4) is 0 Å². The molecule has 7 heteroatoms. The number of anilines is 1. The highest BCUT2D eigenvalue weighted by atomic mass is 35.5. The number of nitrogens with zero attached hydrogens (tertiary/aromatic N) is 3. The number of sulfonamides is 1. The van der Waals surface area contributed by atoms with Gasteiger partial charge in [-0.3, -0.25) is 4.98 Å². The van der Waals surface area contributed by atoms with Crippen molar-refractivity contribution < 1.29 is 8.42 Å². The van der Waals surface area contributed by atoms with Crippen molar-refractivity contribution in [2.45, 2.75) is 4.90 Å². The van der Waals surface area contributed by atoms with Crippen molar-refractivity contribution in [2.75, 3.05) is 31.1 Å². The SMILES string of the molecule is O=S(=O)(c1cccc2cccnc12)N1CCN(c2cccc(Cl)c2)CC1. The topological polar surface area (TPSA) is 53.5 Å². The van der Waals surface area contributed by atoms with Crippen molar-refractivity contribution in [2.24, 2.45) is 0 Å². The maximum absolute atomic E-state index is 13.1. The summed E-state index contributed by atoms with van der Waals surface area (Å²) in [5.74, 6) is 0. The molecule has 1 fully saturated rings. The number of hydrogen-bond donors (Lipinski definition) is 0. The molecule has 1 aromatic heterocycles.